The number of carbonyl (C=O) groups excluding carboxylic acids is 2. The molecule has 0 fully saturated rings. The van der Waals surface area contributed by atoms with Gasteiger partial charge in [-0.1, -0.05) is 0 Å². The van der Waals surface area contributed by atoms with E-state index in [9.17, 15) is 19.7 Å². The molecule has 26 heavy (non-hydrogen) atoms. The van der Waals surface area contributed by atoms with E-state index in [-0.39, 0.29) is 22.5 Å². The number of hydrogen-bond acceptors (Lipinski definition) is 8. The lowest BCUT2D eigenvalue weighted by Crippen LogP contribution is -2.15. The summed E-state index contributed by atoms with van der Waals surface area (Å²) in [6.07, 6.45) is 0. The molecule has 0 aromatic heterocycles. The number of ether oxygens (including phenoxy) is 3. The van der Waals surface area contributed by atoms with Gasteiger partial charge in [0.15, 0.2) is 23.9 Å². The van der Waals surface area contributed by atoms with Gasteiger partial charge < -0.3 is 19.9 Å². The molecule has 2 aromatic rings. The van der Waals surface area contributed by atoms with Crippen molar-refractivity contribution in [3.8, 4) is 11.5 Å². The van der Waals surface area contributed by atoms with Gasteiger partial charge in [0.05, 0.1) is 24.7 Å². The zero-order chi connectivity index (χ0) is 19.3. The Morgan fingerprint density at radius 1 is 1.08 bits per heavy atom. The van der Waals surface area contributed by atoms with Gasteiger partial charge in [0.1, 0.15) is 0 Å². The molecule has 136 valence electrons. The Bertz CT molecular complexity index is 864. The smallest absolute Gasteiger partial charge is 0.340 e. The lowest BCUT2D eigenvalue weighted by atomic mass is 10.1. The van der Waals surface area contributed by atoms with Crippen LogP contribution in [-0.2, 0) is 4.74 Å². The second-order valence-electron chi connectivity index (χ2n) is 5.10. The molecule has 0 atom stereocenters. The minimum absolute atomic E-state index is 0.0131. The number of non-ortho nitro benzene ring substituents is 1. The van der Waals surface area contributed by atoms with Crippen molar-refractivity contribution in [3.63, 3.8) is 0 Å². The first-order valence-electron chi connectivity index (χ1n) is 7.33. The fourth-order valence-electron chi connectivity index (χ4n) is 2.14. The number of rotatable bonds is 7. The lowest BCUT2D eigenvalue weighted by Gasteiger charge is -2.10. The van der Waals surface area contributed by atoms with E-state index in [0.29, 0.717) is 11.5 Å². The van der Waals surface area contributed by atoms with Gasteiger partial charge in [-0.05, 0) is 24.3 Å². The lowest BCUT2D eigenvalue weighted by molar-refractivity contribution is -0.384. The van der Waals surface area contributed by atoms with Crippen LogP contribution in [0.2, 0.25) is 0 Å². The molecule has 9 nitrogen and oxygen atoms in total. The number of methoxy groups -OCH3 is 2. The second-order valence-corrected chi connectivity index (χ2v) is 5.10. The van der Waals surface area contributed by atoms with Crippen LogP contribution in [0.15, 0.2) is 36.4 Å². The van der Waals surface area contributed by atoms with E-state index in [0.717, 1.165) is 6.07 Å². The molecule has 0 unspecified atom stereocenters. The van der Waals surface area contributed by atoms with E-state index < -0.39 is 23.3 Å². The average Bonchev–Trinajstić information content (AvgIpc) is 2.65. The van der Waals surface area contributed by atoms with Crippen LogP contribution in [0.25, 0.3) is 0 Å². The van der Waals surface area contributed by atoms with Crippen molar-refractivity contribution in [1.82, 2.24) is 0 Å². The van der Waals surface area contributed by atoms with Crippen LogP contribution in [0, 0.1) is 10.1 Å². The van der Waals surface area contributed by atoms with Crippen LogP contribution in [0.5, 0.6) is 11.5 Å². The molecule has 2 rings (SSSR count). The van der Waals surface area contributed by atoms with Crippen LogP contribution >= 0.6 is 0 Å². The Morgan fingerprint density at radius 2 is 1.77 bits per heavy atom. The monoisotopic (exact) mass is 360 g/mol. The van der Waals surface area contributed by atoms with E-state index in [2.05, 4.69) is 0 Å². The van der Waals surface area contributed by atoms with Crippen molar-refractivity contribution < 1.29 is 28.7 Å². The highest BCUT2D eigenvalue weighted by Crippen LogP contribution is 2.27. The first kappa shape index (κ1) is 18.7. The van der Waals surface area contributed by atoms with E-state index in [1.807, 2.05) is 0 Å². The molecule has 9 heteroatoms. The minimum atomic E-state index is -0.931. The van der Waals surface area contributed by atoms with Gasteiger partial charge in [-0.3, -0.25) is 14.9 Å². The molecule has 0 aliphatic carbocycles. The fraction of sp³-hybridized carbons (Fsp3) is 0.176. The van der Waals surface area contributed by atoms with Gasteiger partial charge in [0.25, 0.3) is 5.69 Å². The number of nitrogens with zero attached hydrogens (tertiary/aromatic N) is 1. The predicted octanol–water partition coefficient (Wildman–Crippen LogP) is 2.23. The highest BCUT2D eigenvalue weighted by atomic mass is 16.6. The molecule has 0 heterocycles. The van der Waals surface area contributed by atoms with Crippen LogP contribution in [0.1, 0.15) is 20.7 Å². The van der Waals surface area contributed by atoms with Gasteiger partial charge in [-0.15, -0.1) is 0 Å². The average molecular weight is 360 g/mol. The van der Waals surface area contributed by atoms with Crippen molar-refractivity contribution >= 4 is 23.1 Å². The molecule has 2 aromatic carbocycles. The molecule has 0 radical (unpaired) electrons. The van der Waals surface area contributed by atoms with Crippen LogP contribution in [0.3, 0.4) is 0 Å². The summed E-state index contributed by atoms with van der Waals surface area (Å²) < 4.78 is 15.1. The van der Waals surface area contributed by atoms with E-state index in [4.69, 9.17) is 19.9 Å². The Kier molecular flexibility index (Phi) is 5.74. The Hall–Kier alpha value is -3.62. The molecule has 2 N–H and O–H groups in total. The number of nitrogens with two attached hydrogens (primary N) is 1. The van der Waals surface area contributed by atoms with Gasteiger partial charge in [-0.2, -0.15) is 0 Å². The topological polar surface area (TPSA) is 131 Å². The largest absolute Gasteiger partial charge is 0.493 e. The molecule has 0 aliphatic rings. The van der Waals surface area contributed by atoms with Crippen molar-refractivity contribution in [2.24, 2.45) is 0 Å². The normalized spacial score (nSPS) is 10.1. The summed E-state index contributed by atoms with van der Waals surface area (Å²) in [4.78, 5) is 34.4. The highest BCUT2D eigenvalue weighted by molar-refractivity contribution is 6.01. The molecule has 0 aliphatic heterocycles. The number of esters is 1. The molecular weight excluding hydrogens is 344 g/mol. The summed E-state index contributed by atoms with van der Waals surface area (Å²) in [6, 6.07) is 7.90. The van der Waals surface area contributed by atoms with Gasteiger partial charge in [0, 0.05) is 23.4 Å². The first-order valence-corrected chi connectivity index (χ1v) is 7.33. The van der Waals surface area contributed by atoms with Crippen LogP contribution in [0.4, 0.5) is 11.4 Å². The molecule has 0 saturated heterocycles. The van der Waals surface area contributed by atoms with E-state index >= 15 is 0 Å². The maximum absolute atomic E-state index is 12.2. The van der Waals surface area contributed by atoms with Gasteiger partial charge in [-0.25, -0.2) is 4.79 Å². The number of benzene rings is 2. The zero-order valence-electron chi connectivity index (χ0n) is 14.1. The van der Waals surface area contributed by atoms with Crippen molar-refractivity contribution in [2.75, 3.05) is 26.6 Å². The van der Waals surface area contributed by atoms with Gasteiger partial charge in [0.2, 0.25) is 0 Å². The first-order chi connectivity index (χ1) is 12.4. The molecule has 0 saturated carbocycles. The summed E-state index contributed by atoms with van der Waals surface area (Å²) in [5.74, 6) is -0.610. The highest BCUT2D eigenvalue weighted by Gasteiger charge is 2.18. The summed E-state index contributed by atoms with van der Waals surface area (Å²) in [5.41, 5.74) is 5.42. The number of carbonyl (C=O) groups is 2. The Labute approximate surface area is 148 Å². The number of nitro groups is 1. The Balaban J connectivity index is 2.11. The van der Waals surface area contributed by atoms with Crippen molar-refractivity contribution in [3.05, 3.63) is 57.6 Å². The van der Waals surface area contributed by atoms with Crippen LogP contribution in [-0.4, -0.2) is 37.5 Å². The summed E-state index contributed by atoms with van der Waals surface area (Å²) >= 11 is 0. The number of anilines is 1. The van der Waals surface area contributed by atoms with Crippen LogP contribution < -0.4 is 15.2 Å². The number of nitrogen functional groups attached to an aromatic ring is 1. The molecular formula is C17H16N2O7. The third kappa shape index (κ3) is 4.07. The second kappa shape index (κ2) is 7.97. The zero-order valence-corrected chi connectivity index (χ0v) is 14.1. The SMILES string of the molecule is COc1ccc(C(=O)COC(=O)c2cc([N+](=O)[O-])ccc2N)cc1OC. The third-order valence-corrected chi connectivity index (χ3v) is 3.51. The van der Waals surface area contributed by atoms with Crippen molar-refractivity contribution in [2.45, 2.75) is 0 Å². The molecule has 0 amide bonds. The number of hydrogen-bond donors (Lipinski definition) is 1. The van der Waals surface area contributed by atoms with E-state index in [1.165, 1.54) is 38.5 Å². The summed E-state index contributed by atoms with van der Waals surface area (Å²) in [6.45, 7) is -0.559. The quantitative estimate of drug-likeness (QED) is 0.261. The summed E-state index contributed by atoms with van der Waals surface area (Å²) in [5, 5.41) is 10.8. The minimum Gasteiger partial charge on any atom is -0.493 e. The fourth-order valence-corrected chi connectivity index (χ4v) is 2.14. The molecule has 0 spiro atoms. The standard InChI is InChI=1S/C17H16N2O7/c1-24-15-6-3-10(7-16(15)25-2)14(20)9-26-17(21)12-8-11(19(22)23)4-5-13(12)18/h3-8H,9,18H2,1-2H3. The maximum atomic E-state index is 12.2. The van der Waals surface area contributed by atoms with Crippen molar-refractivity contribution in [1.29, 1.82) is 0 Å². The van der Waals surface area contributed by atoms with E-state index in [1.54, 1.807) is 6.07 Å². The summed E-state index contributed by atoms with van der Waals surface area (Å²) in [7, 11) is 2.89. The molecule has 0 bridgehead atoms. The number of ketones is 1. The third-order valence-electron chi connectivity index (χ3n) is 3.51. The Morgan fingerprint density at radius 3 is 2.38 bits per heavy atom. The number of Topliss-reactive ketones (excluding diaryl/α,β-unsaturated/α-hetero) is 1. The maximum Gasteiger partial charge on any atom is 0.340 e. The van der Waals surface area contributed by atoms with Gasteiger partial charge >= 0.3 is 5.97 Å². The predicted molar refractivity (Wildman–Crippen MR) is 91.7 cm³/mol. The number of nitro benzene ring substituents is 1.